The molecule has 0 fully saturated rings. The van der Waals surface area contributed by atoms with E-state index < -0.39 is 34.6 Å². The van der Waals surface area contributed by atoms with E-state index >= 15 is 0 Å². The molecule has 3 aromatic rings. The highest BCUT2D eigenvalue weighted by molar-refractivity contribution is 9.10. The van der Waals surface area contributed by atoms with Crippen LogP contribution in [0.2, 0.25) is 0 Å². The Morgan fingerprint density at radius 3 is 2.19 bits per heavy atom. The van der Waals surface area contributed by atoms with Crippen LogP contribution in [0, 0.1) is 10.1 Å². The molecule has 2 aromatic carbocycles. The summed E-state index contributed by atoms with van der Waals surface area (Å²) in [5.74, 6) is -0.761. The lowest BCUT2D eigenvalue weighted by molar-refractivity contribution is -0.385. The van der Waals surface area contributed by atoms with Crippen LogP contribution in [0.5, 0.6) is 0 Å². The Hall–Kier alpha value is -3.42. The van der Waals surface area contributed by atoms with Crippen LogP contribution in [0.3, 0.4) is 0 Å². The van der Waals surface area contributed by atoms with Gasteiger partial charge in [-0.25, -0.2) is 4.68 Å². The van der Waals surface area contributed by atoms with Crippen molar-refractivity contribution in [1.29, 1.82) is 0 Å². The smallest absolute Gasteiger partial charge is 0.322 e. The molecule has 168 valence electrons. The van der Waals surface area contributed by atoms with Gasteiger partial charge in [0.15, 0.2) is 5.69 Å². The average Bonchev–Trinajstić information content (AvgIpc) is 3.15. The number of carbonyl (C=O) groups is 1. The maximum atomic E-state index is 13.2. The van der Waals surface area contributed by atoms with Gasteiger partial charge in [-0.15, -0.1) is 0 Å². The molecule has 0 aliphatic carbocycles. The second-order valence-electron chi connectivity index (χ2n) is 6.22. The molecule has 0 aliphatic heterocycles. The van der Waals surface area contributed by atoms with Crippen LogP contribution in [0.4, 0.5) is 37.7 Å². The van der Waals surface area contributed by atoms with Crippen molar-refractivity contribution in [1.82, 2.24) is 9.78 Å². The third-order valence-corrected chi connectivity index (χ3v) is 4.91. The van der Waals surface area contributed by atoms with Crippen LogP contribution in [0.25, 0.3) is 5.69 Å². The number of alkyl halides is 6. The first-order chi connectivity index (χ1) is 14.8. The molecule has 1 amide bonds. The third-order valence-electron chi connectivity index (χ3n) is 4.08. The van der Waals surface area contributed by atoms with Crippen molar-refractivity contribution >= 4 is 33.2 Å². The van der Waals surface area contributed by atoms with Crippen LogP contribution in [-0.4, -0.2) is 20.6 Å². The lowest BCUT2D eigenvalue weighted by atomic mass is 10.2. The highest BCUT2D eigenvalue weighted by Gasteiger charge is 2.42. The van der Waals surface area contributed by atoms with Crippen molar-refractivity contribution < 1.29 is 36.1 Å². The molecule has 3 rings (SSSR count). The predicted molar refractivity (Wildman–Crippen MR) is 102 cm³/mol. The number of nitro benzene ring substituents is 1. The number of hydrogen-bond donors (Lipinski definition) is 1. The van der Waals surface area contributed by atoms with Crippen molar-refractivity contribution in [2.45, 2.75) is 12.4 Å². The summed E-state index contributed by atoms with van der Waals surface area (Å²) < 4.78 is 78.0. The SMILES string of the molecule is O=C(Nc1ccc(-n2nc(C(F)(F)F)cc2C(F)(F)F)cc1)c1cccc([N+](=O)[O-])c1Br. The quantitative estimate of drug-likeness (QED) is 0.265. The van der Waals surface area contributed by atoms with Crippen LogP contribution < -0.4 is 5.32 Å². The lowest BCUT2D eigenvalue weighted by Crippen LogP contribution is -2.14. The fourth-order valence-corrected chi connectivity index (χ4v) is 3.23. The topological polar surface area (TPSA) is 90.1 Å². The molecule has 0 spiro atoms. The standard InChI is InChI=1S/C18H9BrF6N4O3/c19-15-11(2-1-3-12(15)29(31)32)16(30)26-9-4-6-10(7-5-9)28-14(18(23,24)25)8-13(27-28)17(20,21)22/h1-8H,(H,26,30). The molecular weight excluding hydrogens is 514 g/mol. The number of hydrogen-bond acceptors (Lipinski definition) is 4. The van der Waals surface area contributed by atoms with E-state index in [1.807, 2.05) is 0 Å². The van der Waals surface area contributed by atoms with Crippen LogP contribution in [-0.2, 0) is 12.4 Å². The largest absolute Gasteiger partial charge is 0.435 e. The second-order valence-corrected chi connectivity index (χ2v) is 7.01. The molecule has 0 saturated heterocycles. The van der Waals surface area contributed by atoms with Crippen LogP contribution in [0.1, 0.15) is 21.7 Å². The van der Waals surface area contributed by atoms with Gasteiger partial charge in [0.05, 0.1) is 16.2 Å². The summed E-state index contributed by atoms with van der Waals surface area (Å²) in [5, 5.41) is 16.4. The molecule has 0 bridgehead atoms. The summed E-state index contributed by atoms with van der Waals surface area (Å²) in [4.78, 5) is 22.7. The van der Waals surface area contributed by atoms with Gasteiger partial charge in [0.1, 0.15) is 10.2 Å². The number of anilines is 1. The maximum Gasteiger partial charge on any atom is 0.435 e. The van der Waals surface area contributed by atoms with Gasteiger partial charge in [0.2, 0.25) is 0 Å². The minimum Gasteiger partial charge on any atom is -0.322 e. The normalized spacial score (nSPS) is 12.0. The van der Waals surface area contributed by atoms with Crippen LogP contribution in [0.15, 0.2) is 53.0 Å². The van der Waals surface area contributed by atoms with E-state index in [4.69, 9.17) is 0 Å². The molecule has 0 unspecified atom stereocenters. The van der Waals surface area contributed by atoms with Crippen molar-refractivity contribution in [3.05, 3.63) is 80.1 Å². The number of amides is 1. The van der Waals surface area contributed by atoms with Crippen molar-refractivity contribution in [3.8, 4) is 5.69 Å². The summed E-state index contributed by atoms with van der Waals surface area (Å²) in [5.41, 5.74) is -4.02. The molecule has 0 aliphatic rings. The Morgan fingerprint density at radius 1 is 1.03 bits per heavy atom. The molecule has 32 heavy (non-hydrogen) atoms. The maximum absolute atomic E-state index is 13.2. The minimum absolute atomic E-state index is 0.0777. The van der Waals surface area contributed by atoms with E-state index in [9.17, 15) is 41.3 Å². The summed E-state index contributed by atoms with van der Waals surface area (Å²) in [6.45, 7) is 0. The fraction of sp³-hybridized carbons (Fsp3) is 0.111. The number of nitrogens with one attached hydrogen (secondary N) is 1. The lowest BCUT2D eigenvalue weighted by Gasteiger charge is -2.11. The summed E-state index contributed by atoms with van der Waals surface area (Å²) >= 11 is 2.97. The van der Waals surface area contributed by atoms with Gasteiger partial charge in [-0.05, 0) is 46.3 Å². The average molecular weight is 523 g/mol. The third kappa shape index (κ3) is 4.74. The summed E-state index contributed by atoms with van der Waals surface area (Å²) in [7, 11) is 0. The Bertz CT molecular complexity index is 1190. The Morgan fingerprint density at radius 2 is 1.66 bits per heavy atom. The number of carbonyl (C=O) groups excluding carboxylic acids is 1. The van der Waals surface area contributed by atoms with Crippen LogP contribution >= 0.6 is 15.9 Å². The highest BCUT2D eigenvalue weighted by atomic mass is 79.9. The molecule has 14 heteroatoms. The highest BCUT2D eigenvalue weighted by Crippen LogP contribution is 2.36. The Balaban J connectivity index is 1.90. The van der Waals surface area contributed by atoms with Gasteiger partial charge < -0.3 is 5.32 Å². The molecule has 0 saturated carbocycles. The first-order valence-electron chi connectivity index (χ1n) is 8.38. The van der Waals surface area contributed by atoms with E-state index in [2.05, 4.69) is 26.3 Å². The first-order valence-corrected chi connectivity index (χ1v) is 9.17. The van der Waals surface area contributed by atoms with Gasteiger partial charge in [0.25, 0.3) is 11.6 Å². The van der Waals surface area contributed by atoms with Crippen molar-refractivity contribution in [3.63, 3.8) is 0 Å². The van der Waals surface area contributed by atoms with Gasteiger partial charge in [-0.3, -0.25) is 14.9 Å². The summed E-state index contributed by atoms with van der Waals surface area (Å²) in [6.07, 6.45) is -10.2. The van der Waals surface area contributed by atoms with Gasteiger partial charge in [-0.2, -0.15) is 31.4 Å². The number of benzene rings is 2. The molecule has 1 heterocycles. The fourth-order valence-electron chi connectivity index (χ4n) is 2.64. The van der Waals surface area contributed by atoms with E-state index in [-0.39, 0.29) is 37.8 Å². The molecular formula is C18H9BrF6N4O3. The molecule has 0 atom stereocenters. The van der Waals surface area contributed by atoms with E-state index in [1.165, 1.54) is 18.2 Å². The second kappa shape index (κ2) is 8.26. The van der Waals surface area contributed by atoms with Gasteiger partial charge >= 0.3 is 12.4 Å². The number of halogens is 7. The van der Waals surface area contributed by atoms with E-state index in [0.29, 0.717) is 0 Å². The molecule has 7 nitrogen and oxygen atoms in total. The zero-order valence-corrected chi connectivity index (χ0v) is 16.9. The van der Waals surface area contributed by atoms with E-state index in [0.717, 1.165) is 24.3 Å². The molecule has 0 radical (unpaired) electrons. The van der Waals surface area contributed by atoms with Crippen molar-refractivity contribution in [2.75, 3.05) is 5.32 Å². The van der Waals surface area contributed by atoms with Gasteiger partial charge in [-0.1, -0.05) is 6.07 Å². The summed E-state index contributed by atoms with van der Waals surface area (Å²) in [6, 6.07) is 8.01. The van der Waals surface area contributed by atoms with E-state index in [1.54, 1.807) is 0 Å². The molecule has 1 aromatic heterocycles. The zero-order chi connectivity index (χ0) is 23.8. The Labute approximate surface area is 182 Å². The predicted octanol–water partition coefficient (Wildman–Crippen LogP) is 5.83. The minimum atomic E-state index is -5.10. The first kappa shape index (κ1) is 23.2. The number of nitrogens with zero attached hydrogens (tertiary/aromatic N) is 3. The molecule has 1 N–H and O–H groups in total. The Kier molecular flexibility index (Phi) is 6.00. The number of aromatic nitrogens is 2. The van der Waals surface area contributed by atoms with Gasteiger partial charge in [0, 0.05) is 17.8 Å². The number of rotatable bonds is 4. The zero-order valence-electron chi connectivity index (χ0n) is 15.3. The number of nitro groups is 1. The van der Waals surface area contributed by atoms with Crippen molar-refractivity contribution in [2.24, 2.45) is 0 Å². The monoisotopic (exact) mass is 522 g/mol.